The van der Waals surface area contributed by atoms with E-state index in [1.54, 1.807) is 36.9 Å². The average molecular weight is 408 g/mol. The van der Waals surface area contributed by atoms with Crippen LogP contribution in [0.3, 0.4) is 0 Å². The number of ether oxygens (including phenoxy) is 1. The number of benzene rings is 2. The Morgan fingerprint density at radius 1 is 0.710 bits per heavy atom. The highest BCUT2D eigenvalue weighted by Crippen LogP contribution is 2.39. The van der Waals surface area contributed by atoms with Gasteiger partial charge >= 0.3 is 0 Å². The highest BCUT2D eigenvalue weighted by atomic mass is 16.6. The number of nitrogens with one attached hydrogen (secondary N) is 2. The van der Waals surface area contributed by atoms with E-state index in [4.69, 9.17) is 4.74 Å². The number of epoxide rings is 1. The lowest BCUT2D eigenvalue weighted by Gasteiger charge is -2.07. The summed E-state index contributed by atoms with van der Waals surface area (Å²) in [5.41, 5.74) is 5.59. The zero-order chi connectivity index (χ0) is 21.0. The molecule has 2 aromatic carbocycles. The fraction of sp³-hybridized carbons (Fsp3) is 0.0800. The number of anilines is 2. The molecule has 0 saturated carbocycles. The minimum absolute atomic E-state index is 0.0218. The van der Waals surface area contributed by atoms with Crippen LogP contribution < -0.4 is 10.6 Å². The van der Waals surface area contributed by atoms with Gasteiger partial charge in [0.15, 0.2) is 6.23 Å². The van der Waals surface area contributed by atoms with Gasteiger partial charge in [0.1, 0.15) is 6.10 Å². The van der Waals surface area contributed by atoms with Crippen LogP contribution in [0.1, 0.15) is 22.0 Å². The summed E-state index contributed by atoms with van der Waals surface area (Å²) in [4.78, 5) is 20.4. The molecular weight excluding hydrogens is 388 g/mol. The number of amides is 1. The molecule has 31 heavy (non-hydrogen) atoms. The van der Waals surface area contributed by atoms with E-state index in [-0.39, 0.29) is 18.2 Å². The Labute approximate surface area is 180 Å². The van der Waals surface area contributed by atoms with Crippen LogP contribution in [0, 0.1) is 0 Å². The van der Waals surface area contributed by atoms with Crippen LogP contribution in [0.2, 0.25) is 0 Å². The molecule has 1 aliphatic rings. The first kappa shape index (κ1) is 19.0. The standard InChI is InChI=1S/C25H20N4O2/c30-24(28-21-9-13-26-14-10-21)20-7-3-18(4-8-20)17-1-5-19(6-2-17)23-25(31-23)29-22-11-15-27-16-12-22/h1-16,23,25H,(H,27,29)(H,26,28,30). The van der Waals surface area contributed by atoms with Gasteiger partial charge in [0.25, 0.3) is 5.91 Å². The van der Waals surface area contributed by atoms with E-state index >= 15 is 0 Å². The molecule has 4 aromatic rings. The van der Waals surface area contributed by atoms with Crippen molar-refractivity contribution in [2.45, 2.75) is 12.3 Å². The lowest BCUT2D eigenvalue weighted by Crippen LogP contribution is -2.11. The van der Waals surface area contributed by atoms with Gasteiger partial charge in [-0.1, -0.05) is 36.4 Å². The largest absolute Gasteiger partial charge is 0.358 e. The molecule has 0 radical (unpaired) electrons. The number of rotatable bonds is 6. The van der Waals surface area contributed by atoms with Crippen molar-refractivity contribution < 1.29 is 9.53 Å². The first-order chi connectivity index (χ1) is 15.3. The third-order valence-electron chi connectivity index (χ3n) is 5.14. The summed E-state index contributed by atoms with van der Waals surface area (Å²) in [5, 5.41) is 6.20. The van der Waals surface area contributed by atoms with E-state index in [1.807, 2.05) is 36.4 Å². The van der Waals surface area contributed by atoms with Gasteiger partial charge in [0, 0.05) is 41.7 Å². The monoisotopic (exact) mass is 408 g/mol. The van der Waals surface area contributed by atoms with Crippen LogP contribution >= 0.6 is 0 Å². The van der Waals surface area contributed by atoms with Gasteiger partial charge in [-0.05, 0) is 53.1 Å². The van der Waals surface area contributed by atoms with Crippen molar-refractivity contribution in [3.05, 3.63) is 109 Å². The smallest absolute Gasteiger partial charge is 0.255 e. The number of nitrogens with zero attached hydrogens (tertiary/aromatic N) is 2. The van der Waals surface area contributed by atoms with Crippen molar-refractivity contribution in [1.82, 2.24) is 9.97 Å². The van der Waals surface area contributed by atoms with Crippen LogP contribution in [-0.4, -0.2) is 22.1 Å². The highest BCUT2D eigenvalue weighted by Gasteiger charge is 2.40. The SMILES string of the molecule is O=C(Nc1ccncc1)c1ccc(-c2ccc(C3OC3Nc3ccncc3)cc2)cc1. The summed E-state index contributed by atoms with van der Waals surface area (Å²) in [6.07, 6.45) is 6.82. The van der Waals surface area contributed by atoms with Crippen LogP contribution in [-0.2, 0) is 4.74 Å². The first-order valence-corrected chi connectivity index (χ1v) is 10.00. The average Bonchev–Trinajstić information content (AvgIpc) is 3.59. The number of carbonyl (C=O) groups is 1. The summed E-state index contributed by atoms with van der Waals surface area (Å²) in [5.74, 6) is -0.147. The van der Waals surface area contributed by atoms with Gasteiger partial charge in [-0.15, -0.1) is 0 Å². The first-order valence-electron chi connectivity index (χ1n) is 10.00. The van der Waals surface area contributed by atoms with Gasteiger partial charge < -0.3 is 15.4 Å². The summed E-state index contributed by atoms with van der Waals surface area (Å²) < 4.78 is 5.76. The van der Waals surface area contributed by atoms with Gasteiger partial charge in [0.05, 0.1) is 0 Å². The minimum atomic E-state index is -0.147. The van der Waals surface area contributed by atoms with E-state index in [9.17, 15) is 4.79 Å². The zero-order valence-electron chi connectivity index (χ0n) is 16.6. The van der Waals surface area contributed by atoms with Gasteiger partial charge in [-0.2, -0.15) is 0 Å². The molecule has 1 amide bonds. The van der Waals surface area contributed by atoms with E-state index in [0.717, 1.165) is 28.1 Å². The Balaban J connectivity index is 1.22. The van der Waals surface area contributed by atoms with Crippen molar-refractivity contribution in [2.24, 2.45) is 0 Å². The molecule has 6 nitrogen and oxygen atoms in total. The summed E-state index contributed by atoms with van der Waals surface area (Å²) >= 11 is 0. The molecule has 6 heteroatoms. The topological polar surface area (TPSA) is 79.4 Å². The fourth-order valence-corrected chi connectivity index (χ4v) is 3.41. The van der Waals surface area contributed by atoms with Crippen LogP contribution in [0.25, 0.3) is 11.1 Å². The molecule has 0 spiro atoms. The molecule has 152 valence electrons. The predicted molar refractivity (Wildman–Crippen MR) is 120 cm³/mol. The van der Waals surface area contributed by atoms with Gasteiger partial charge in [-0.25, -0.2) is 0 Å². The second kappa shape index (κ2) is 8.38. The molecular formula is C25H20N4O2. The molecule has 0 bridgehead atoms. The summed E-state index contributed by atoms with van der Waals surface area (Å²) in [7, 11) is 0. The molecule has 1 fully saturated rings. The minimum Gasteiger partial charge on any atom is -0.358 e. The molecule has 2 aromatic heterocycles. The van der Waals surface area contributed by atoms with Crippen molar-refractivity contribution in [1.29, 1.82) is 0 Å². The lowest BCUT2D eigenvalue weighted by molar-refractivity contribution is 0.102. The van der Waals surface area contributed by atoms with Gasteiger partial charge in [-0.3, -0.25) is 14.8 Å². The third-order valence-corrected chi connectivity index (χ3v) is 5.14. The number of aromatic nitrogens is 2. The Kier molecular flexibility index (Phi) is 5.12. The second-order valence-electron chi connectivity index (χ2n) is 7.25. The normalized spacial score (nSPS) is 17.0. The van der Waals surface area contributed by atoms with Crippen molar-refractivity contribution in [3.8, 4) is 11.1 Å². The molecule has 2 atom stereocenters. The third kappa shape index (κ3) is 4.44. The van der Waals surface area contributed by atoms with Crippen molar-refractivity contribution >= 4 is 17.3 Å². The van der Waals surface area contributed by atoms with Crippen LogP contribution in [0.4, 0.5) is 11.4 Å². The maximum absolute atomic E-state index is 12.4. The Morgan fingerprint density at radius 2 is 1.26 bits per heavy atom. The van der Waals surface area contributed by atoms with Crippen LogP contribution in [0.5, 0.6) is 0 Å². The number of hydrogen-bond acceptors (Lipinski definition) is 5. The van der Waals surface area contributed by atoms with E-state index in [2.05, 4.69) is 44.9 Å². The summed E-state index contributed by atoms with van der Waals surface area (Å²) in [6, 6.07) is 23.2. The van der Waals surface area contributed by atoms with E-state index in [1.165, 1.54) is 0 Å². The number of pyridine rings is 2. The van der Waals surface area contributed by atoms with E-state index in [0.29, 0.717) is 5.56 Å². The molecule has 5 rings (SSSR count). The fourth-order valence-electron chi connectivity index (χ4n) is 3.41. The maximum Gasteiger partial charge on any atom is 0.255 e. The second-order valence-corrected chi connectivity index (χ2v) is 7.25. The van der Waals surface area contributed by atoms with Crippen molar-refractivity contribution in [2.75, 3.05) is 10.6 Å². The molecule has 1 aliphatic heterocycles. The zero-order valence-corrected chi connectivity index (χ0v) is 16.6. The molecule has 2 N–H and O–H groups in total. The van der Waals surface area contributed by atoms with Crippen LogP contribution in [0.15, 0.2) is 97.6 Å². The lowest BCUT2D eigenvalue weighted by atomic mass is 10.0. The van der Waals surface area contributed by atoms with Crippen molar-refractivity contribution in [3.63, 3.8) is 0 Å². The highest BCUT2D eigenvalue weighted by molar-refractivity contribution is 6.04. The number of carbonyl (C=O) groups excluding carboxylic acids is 1. The molecule has 1 saturated heterocycles. The quantitative estimate of drug-likeness (QED) is 0.444. The number of hydrogen-bond donors (Lipinski definition) is 2. The van der Waals surface area contributed by atoms with E-state index < -0.39 is 0 Å². The molecule has 2 unspecified atom stereocenters. The van der Waals surface area contributed by atoms with Gasteiger partial charge in [0.2, 0.25) is 0 Å². The Bertz CT molecular complexity index is 1160. The summed E-state index contributed by atoms with van der Waals surface area (Å²) in [6.45, 7) is 0. The Morgan fingerprint density at radius 3 is 1.87 bits per heavy atom. The Hall–Kier alpha value is -4.03. The molecule has 3 heterocycles. The predicted octanol–water partition coefficient (Wildman–Crippen LogP) is 4.91. The molecule has 0 aliphatic carbocycles. The maximum atomic E-state index is 12.4.